The number of halogens is 5. The first kappa shape index (κ1) is 22.1. The minimum atomic E-state index is -5.87. The maximum Gasteiger partial charge on any atom is 0.459 e. The molecular formula is C15H14F5N9O2. The molecule has 0 aliphatic rings. The smallest absolute Gasteiger partial charge is 0.367 e. The Morgan fingerprint density at radius 1 is 1.16 bits per heavy atom. The highest BCUT2D eigenvalue weighted by Gasteiger charge is 2.60. The molecule has 3 rings (SSSR count). The number of ether oxygens (including phenoxy) is 1. The van der Waals surface area contributed by atoms with Gasteiger partial charge in [0, 0.05) is 14.1 Å². The number of anilines is 1. The summed E-state index contributed by atoms with van der Waals surface area (Å²) in [5, 5.41) is 16.6. The SMILES string of the molecule is Cn1cnc(COCc2nc(C(F)(F)C(F)(F)F)ccc2C(=O)Nc2nnnn2C)n1. The van der Waals surface area contributed by atoms with Crippen molar-refractivity contribution in [1.29, 1.82) is 0 Å². The van der Waals surface area contributed by atoms with Crippen molar-refractivity contribution in [3.63, 3.8) is 0 Å². The van der Waals surface area contributed by atoms with E-state index in [1.54, 1.807) is 7.05 Å². The molecule has 1 amide bonds. The fraction of sp³-hybridized carbons (Fsp3) is 0.400. The predicted molar refractivity (Wildman–Crippen MR) is 90.4 cm³/mol. The summed E-state index contributed by atoms with van der Waals surface area (Å²) in [6, 6.07) is 1.21. The zero-order valence-electron chi connectivity index (χ0n) is 15.9. The van der Waals surface area contributed by atoms with Gasteiger partial charge in [0.1, 0.15) is 18.6 Å². The van der Waals surface area contributed by atoms with E-state index in [0.717, 1.165) is 10.7 Å². The number of amides is 1. The Labute approximate surface area is 170 Å². The number of hydrogen-bond acceptors (Lipinski definition) is 8. The van der Waals surface area contributed by atoms with Crippen molar-refractivity contribution in [1.82, 2.24) is 40.0 Å². The van der Waals surface area contributed by atoms with Crippen LogP contribution in [0.25, 0.3) is 0 Å². The Bertz CT molecular complexity index is 1080. The summed E-state index contributed by atoms with van der Waals surface area (Å²) in [5.41, 5.74) is -2.34. The van der Waals surface area contributed by atoms with E-state index in [-0.39, 0.29) is 23.9 Å². The van der Waals surface area contributed by atoms with Crippen molar-refractivity contribution in [2.75, 3.05) is 5.32 Å². The van der Waals surface area contributed by atoms with Gasteiger partial charge in [0.05, 0.1) is 17.9 Å². The van der Waals surface area contributed by atoms with Gasteiger partial charge in [-0.3, -0.25) is 14.8 Å². The number of carbonyl (C=O) groups excluding carboxylic acids is 1. The highest BCUT2D eigenvalue weighted by Crippen LogP contribution is 2.43. The number of carbonyl (C=O) groups is 1. The second-order valence-corrected chi connectivity index (χ2v) is 6.17. The van der Waals surface area contributed by atoms with Crippen LogP contribution in [-0.2, 0) is 38.0 Å². The van der Waals surface area contributed by atoms with Crippen molar-refractivity contribution < 1.29 is 31.5 Å². The topological polar surface area (TPSA) is 126 Å². The summed E-state index contributed by atoms with van der Waals surface area (Å²) in [6.07, 6.45) is -4.49. The average Bonchev–Trinajstić information content (AvgIpc) is 3.28. The van der Waals surface area contributed by atoms with Crippen molar-refractivity contribution in [3.8, 4) is 0 Å². The molecule has 0 saturated carbocycles. The van der Waals surface area contributed by atoms with Crippen LogP contribution in [-0.4, -0.2) is 52.0 Å². The Hall–Kier alpha value is -3.56. The number of hydrogen-bond donors (Lipinski definition) is 1. The molecule has 3 aromatic rings. The molecule has 0 spiro atoms. The summed E-state index contributed by atoms with van der Waals surface area (Å²) < 4.78 is 73.5. The molecule has 166 valence electrons. The van der Waals surface area contributed by atoms with E-state index >= 15 is 0 Å². The van der Waals surface area contributed by atoms with Crippen LogP contribution in [0.3, 0.4) is 0 Å². The maximum atomic E-state index is 13.7. The molecule has 0 aliphatic heterocycles. The molecule has 0 atom stereocenters. The van der Waals surface area contributed by atoms with E-state index < -0.39 is 36.0 Å². The third kappa shape index (κ3) is 4.79. The lowest BCUT2D eigenvalue weighted by molar-refractivity contribution is -0.291. The first-order valence-electron chi connectivity index (χ1n) is 8.40. The number of aryl methyl sites for hydroxylation is 2. The highest BCUT2D eigenvalue weighted by atomic mass is 19.4. The Kier molecular flexibility index (Phi) is 5.92. The van der Waals surface area contributed by atoms with Crippen LogP contribution >= 0.6 is 0 Å². The second kappa shape index (κ2) is 8.29. The number of pyridine rings is 1. The van der Waals surface area contributed by atoms with E-state index in [0.29, 0.717) is 6.07 Å². The summed E-state index contributed by atoms with van der Waals surface area (Å²) in [5.74, 6) is -5.97. The quantitative estimate of drug-likeness (QED) is 0.538. The molecule has 0 aromatic carbocycles. The molecule has 11 nitrogen and oxygen atoms in total. The molecule has 0 unspecified atom stereocenters. The number of rotatable bonds is 7. The number of tetrazole rings is 1. The third-order valence-corrected chi connectivity index (χ3v) is 3.86. The van der Waals surface area contributed by atoms with Gasteiger partial charge in [-0.2, -0.15) is 27.1 Å². The molecule has 0 fully saturated rings. The molecule has 0 radical (unpaired) electrons. The van der Waals surface area contributed by atoms with Gasteiger partial charge in [-0.15, -0.1) is 0 Å². The summed E-state index contributed by atoms with van der Waals surface area (Å²) in [6.45, 7) is -0.767. The fourth-order valence-electron chi connectivity index (χ4n) is 2.33. The molecule has 0 saturated heterocycles. The number of aromatic nitrogens is 8. The Morgan fingerprint density at radius 3 is 2.48 bits per heavy atom. The molecule has 0 bridgehead atoms. The Balaban J connectivity index is 1.88. The van der Waals surface area contributed by atoms with Gasteiger partial charge in [-0.05, 0) is 22.6 Å². The monoisotopic (exact) mass is 447 g/mol. The number of alkyl halides is 5. The predicted octanol–water partition coefficient (Wildman–Crippen LogP) is 1.36. The molecule has 0 aliphatic carbocycles. The fourth-order valence-corrected chi connectivity index (χ4v) is 2.33. The van der Waals surface area contributed by atoms with Crippen LogP contribution in [0, 0.1) is 0 Å². The van der Waals surface area contributed by atoms with Crippen LogP contribution in [0.2, 0.25) is 0 Å². The Morgan fingerprint density at radius 2 is 1.90 bits per heavy atom. The lowest BCUT2D eigenvalue weighted by Gasteiger charge is -2.20. The van der Waals surface area contributed by atoms with Crippen molar-refractivity contribution in [2.24, 2.45) is 14.1 Å². The van der Waals surface area contributed by atoms with Crippen LogP contribution in [0.1, 0.15) is 27.6 Å². The zero-order chi connectivity index (χ0) is 22.8. The van der Waals surface area contributed by atoms with Gasteiger partial charge >= 0.3 is 12.1 Å². The number of nitrogens with zero attached hydrogens (tertiary/aromatic N) is 8. The van der Waals surface area contributed by atoms with Crippen LogP contribution < -0.4 is 5.32 Å². The molecule has 3 heterocycles. The largest absolute Gasteiger partial charge is 0.459 e. The molecule has 1 N–H and O–H groups in total. The van der Waals surface area contributed by atoms with E-state index in [4.69, 9.17) is 4.74 Å². The molecule has 3 aromatic heterocycles. The lowest BCUT2D eigenvalue weighted by Crippen LogP contribution is -2.35. The number of nitrogens with one attached hydrogen (secondary N) is 1. The van der Waals surface area contributed by atoms with Crippen molar-refractivity contribution in [3.05, 3.63) is 41.2 Å². The zero-order valence-corrected chi connectivity index (χ0v) is 15.9. The van der Waals surface area contributed by atoms with Crippen LogP contribution in [0.4, 0.5) is 27.9 Å². The first-order valence-corrected chi connectivity index (χ1v) is 8.40. The second-order valence-electron chi connectivity index (χ2n) is 6.17. The highest BCUT2D eigenvalue weighted by molar-refractivity contribution is 6.04. The van der Waals surface area contributed by atoms with Gasteiger partial charge in [-0.25, -0.2) is 14.6 Å². The summed E-state index contributed by atoms with van der Waals surface area (Å²) in [4.78, 5) is 19.8. The van der Waals surface area contributed by atoms with Gasteiger partial charge in [0.2, 0.25) is 5.95 Å². The molecular weight excluding hydrogens is 433 g/mol. The van der Waals surface area contributed by atoms with Gasteiger partial charge in [0.15, 0.2) is 5.82 Å². The van der Waals surface area contributed by atoms with Crippen molar-refractivity contribution >= 4 is 11.9 Å². The molecule has 31 heavy (non-hydrogen) atoms. The minimum absolute atomic E-state index is 0.0840. The average molecular weight is 447 g/mol. The van der Waals surface area contributed by atoms with Gasteiger partial charge in [-0.1, -0.05) is 5.10 Å². The maximum absolute atomic E-state index is 13.7. The van der Waals surface area contributed by atoms with Crippen LogP contribution in [0.5, 0.6) is 0 Å². The van der Waals surface area contributed by atoms with Gasteiger partial charge < -0.3 is 4.74 Å². The van der Waals surface area contributed by atoms with E-state index in [1.807, 2.05) is 0 Å². The summed E-state index contributed by atoms with van der Waals surface area (Å²) in [7, 11) is 3.02. The molecule has 16 heteroatoms. The van der Waals surface area contributed by atoms with Crippen molar-refractivity contribution in [2.45, 2.75) is 25.3 Å². The normalized spacial score (nSPS) is 12.2. The van der Waals surface area contributed by atoms with Gasteiger partial charge in [0.25, 0.3) is 5.91 Å². The van der Waals surface area contributed by atoms with E-state index in [2.05, 4.69) is 35.9 Å². The first-order chi connectivity index (χ1) is 14.5. The third-order valence-electron chi connectivity index (χ3n) is 3.86. The lowest BCUT2D eigenvalue weighted by atomic mass is 10.1. The minimum Gasteiger partial charge on any atom is -0.367 e. The van der Waals surface area contributed by atoms with Crippen LogP contribution in [0.15, 0.2) is 18.5 Å². The van der Waals surface area contributed by atoms with E-state index in [9.17, 15) is 26.7 Å². The standard InChI is InChI=1S/C15H14F5N9O2/c1-28-7-21-11(25-28)6-31-5-9-8(12(30)23-13-24-26-27-29(13)2)3-4-10(22-9)14(16,17)15(18,19)20/h3-4,7H,5-6H2,1-2H3,(H,23,24,27,30). The summed E-state index contributed by atoms with van der Waals surface area (Å²) >= 11 is 0. The van der Waals surface area contributed by atoms with E-state index in [1.165, 1.54) is 18.1 Å².